The lowest BCUT2D eigenvalue weighted by Crippen LogP contribution is -2.14. The molecule has 1 aromatic rings. The van der Waals surface area contributed by atoms with Gasteiger partial charge in [-0.15, -0.1) is 0 Å². The average Bonchev–Trinajstić information content (AvgIpc) is 2.21. The van der Waals surface area contributed by atoms with Crippen molar-refractivity contribution in [3.8, 4) is 5.75 Å². The van der Waals surface area contributed by atoms with Crippen LogP contribution in [0.4, 0.5) is 13.2 Å². The Morgan fingerprint density at radius 1 is 1.29 bits per heavy atom. The van der Waals surface area contributed by atoms with Crippen molar-refractivity contribution in [1.82, 2.24) is 0 Å². The lowest BCUT2D eigenvalue weighted by molar-refractivity contribution is -0.139. The molecule has 0 radical (unpaired) electrons. The second kappa shape index (κ2) is 6.12. The molecule has 2 N–H and O–H groups in total. The van der Waals surface area contributed by atoms with Crippen LogP contribution in [-0.2, 0) is 6.42 Å². The predicted octanol–water partition coefficient (Wildman–Crippen LogP) is 3.17. The molecule has 0 heterocycles. The van der Waals surface area contributed by atoms with Crippen molar-refractivity contribution < 1.29 is 17.9 Å². The van der Waals surface area contributed by atoms with Gasteiger partial charge in [0, 0.05) is 0 Å². The molecule has 0 saturated carbocycles. The molecule has 0 aliphatic carbocycles. The maximum absolute atomic E-state index is 12.0. The number of hydrogen-bond acceptors (Lipinski definition) is 2. The lowest BCUT2D eigenvalue weighted by atomic mass is 10.1. The van der Waals surface area contributed by atoms with Crippen LogP contribution in [0, 0.1) is 0 Å². The van der Waals surface area contributed by atoms with E-state index >= 15 is 0 Å². The number of para-hydroxylation sites is 1. The topological polar surface area (TPSA) is 35.2 Å². The fourth-order valence-corrected chi connectivity index (χ4v) is 1.58. The van der Waals surface area contributed by atoms with Crippen LogP contribution in [0.15, 0.2) is 18.2 Å². The minimum absolute atomic E-state index is 0.295. The van der Waals surface area contributed by atoms with Crippen molar-refractivity contribution in [3.05, 3.63) is 28.8 Å². The molecule has 96 valence electrons. The fraction of sp³-hybridized carbons (Fsp3) is 0.455. The van der Waals surface area contributed by atoms with Gasteiger partial charge in [-0.1, -0.05) is 23.7 Å². The van der Waals surface area contributed by atoms with E-state index in [1.54, 1.807) is 18.2 Å². The van der Waals surface area contributed by atoms with Crippen LogP contribution >= 0.6 is 11.6 Å². The molecule has 0 unspecified atom stereocenters. The van der Waals surface area contributed by atoms with Crippen LogP contribution < -0.4 is 10.5 Å². The Kier molecular flexibility index (Phi) is 5.08. The Morgan fingerprint density at radius 3 is 2.59 bits per heavy atom. The van der Waals surface area contributed by atoms with Crippen molar-refractivity contribution >= 4 is 11.6 Å². The first-order valence-corrected chi connectivity index (χ1v) is 5.49. The van der Waals surface area contributed by atoms with E-state index in [4.69, 9.17) is 22.1 Å². The first-order chi connectivity index (χ1) is 7.94. The molecule has 0 amide bonds. The molecular weight excluding hydrogens is 255 g/mol. The van der Waals surface area contributed by atoms with Crippen LogP contribution in [0.3, 0.4) is 0 Å². The molecular formula is C11H13ClF3NO. The Hall–Kier alpha value is -0.940. The van der Waals surface area contributed by atoms with Crippen molar-refractivity contribution in [3.63, 3.8) is 0 Å². The van der Waals surface area contributed by atoms with Crippen LogP contribution in [0.1, 0.15) is 12.0 Å². The molecule has 0 bridgehead atoms. The van der Waals surface area contributed by atoms with Crippen LogP contribution in [0.2, 0.25) is 5.02 Å². The van der Waals surface area contributed by atoms with Gasteiger partial charge in [-0.2, -0.15) is 13.2 Å². The number of hydrogen-bond donors (Lipinski definition) is 1. The van der Waals surface area contributed by atoms with E-state index < -0.39 is 19.2 Å². The summed E-state index contributed by atoms with van der Waals surface area (Å²) in [6, 6.07) is 5.02. The summed E-state index contributed by atoms with van der Waals surface area (Å²) in [6.45, 7) is -0.0548. The van der Waals surface area contributed by atoms with Gasteiger partial charge in [0.25, 0.3) is 0 Å². The van der Waals surface area contributed by atoms with E-state index in [-0.39, 0.29) is 0 Å². The quantitative estimate of drug-likeness (QED) is 0.889. The largest absolute Gasteiger partial charge is 0.491 e. The zero-order valence-corrected chi connectivity index (χ0v) is 9.81. The molecule has 0 aromatic heterocycles. The maximum atomic E-state index is 12.0. The monoisotopic (exact) mass is 267 g/mol. The van der Waals surface area contributed by atoms with Gasteiger partial charge >= 0.3 is 6.18 Å². The van der Waals surface area contributed by atoms with Gasteiger partial charge in [-0.25, -0.2) is 0 Å². The minimum atomic E-state index is -4.23. The maximum Gasteiger partial charge on any atom is 0.392 e. The molecule has 0 aliphatic rings. The highest BCUT2D eigenvalue weighted by atomic mass is 35.5. The van der Waals surface area contributed by atoms with Gasteiger partial charge in [-0.05, 0) is 24.6 Å². The molecule has 0 aliphatic heterocycles. The smallest absolute Gasteiger partial charge is 0.392 e. The molecule has 0 spiro atoms. The highest BCUT2D eigenvalue weighted by Gasteiger charge is 2.27. The summed E-state index contributed by atoms with van der Waals surface area (Å²) >= 11 is 5.87. The number of halogens is 4. The van der Waals surface area contributed by atoms with E-state index in [0.29, 0.717) is 23.7 Å². The van der Waals surface area contributed by atoms with Crippen LogP contribution in [0.25, 0.3) is 0 Å². The number of alkyl halides is 3. The summed E-state index contributed by atoms with van der Waals surface area (Å²) in [6.07, 6.45) is -4.71. The molecule has 0 fully saturated rings. The highest BCUT2D eigenvalue weighted by molar-refractivity contribution is 6.32. The molecule has 1 aromatic carbocycles. The zero-order valence-electron chi connectivity index (χ0n) is 9.06. The third-order valence-electron chi connectivity index (χ3n) is 2.09. The summed E-state index contributed by atoms with van der Waals surface area (Å²) < 4.78 is 41.0. The number of nitrogens with two attached hydrogens (primary N) is 1. The number of benzene rings is 1. The number of rotatable bonds is 5. The Bertz CT molecular complexity index is 368. The Balaban J connectivity index is 2.68. The van der Waals surface area contributed by atoms with E-state index in [1.807, 2.05) is 0 Å². The van der Waals surface area contributed by atoms with Crippen molar-refractivity contribution in [1.29, 1.82) is 0 Å². The predicted molar refractivity (Wildman–Crippen MR) is 60.4 cm³/mol. The third kappa shape index (κ3) is 4.83. The van der Waals surface area contributed by atoms with Crippen molar-refractivity contribution in [2.45, 2.75) is 19.0 Å². The highest BCUT2D eigenvalue weighted by Crippen LogP contribution is 2.30. The van der Waals surface area contributed by atoms with Crippen molar-refractivity contribution in [2.24, 2.45) is 5.73 Å². The molecule has 0 saturated heterocycles. The summed E-state index contributed by atoms with van der Waals surface area (Å²) in [5.74, 6) is 0.295. The van der Waals surface area contributed by atoms with E-state index in [2.05, 4.69) is 0 Å². The number of ether oxygens (including phenoxy) is 1. The van der Waals surface area contributed by atoms with Gasteiger partial charge in [0.1, 0.15) is 5.75 Å². The molecule has 6 heteroatoms. The first-order valence-electron chi connectivity index (χ1n) is 5.11. The van der Waals surface area contributed by atoms with Gasteiger partial charge in [-0.3, -0.25) is 0 Å². The van der Waals surface area contributed by atoms with E-state index in [0.717, 1.165) is 5.56 Å². The normalized spacial score (nSPS) is 11.6. The molecule has 1 rings (SSSR count). The second-order valence-corrected chi connectivity index (χ2v) is 3.89. The third-order valence-corrected chi connectivity index (χ3v) is 2.39. The Morgan fingerprint density at radius 2 is 2.00 bits per heavy atom. The zero-order chi connectivity index (χ0) is 12.9. The van der Waals surface area contributed by atoms with Gasteiger partial charge in [0.05, 0.1) is 18.1 Å². The fourth-order valence-electron chi connectivity index (χ4n) is 1.34. The summed E-state index contributed by atoms with van der Waals surface area (Å²) in [5, 5.41) is 0.304. The average molecular weight is 268 g/mol. The first kappa shape index (κ1) is 14.1. The lowest BCUT2D eigenvalue weighted by Gasteiger charge is -2.13. The molecule has 2 nitrogen and oxygen atoms in total. The standard InChI is InChI=1S/C11H13ClF3NO/c12-9-3-1-2-8(4-6-16)10(9)17-7-5-11(13,14)15/h1-3H,4-7,16H2. The summed E-state index contributed by atoms with van der Waals surface area (Å²) in [7, 11) is 0. The van der Waals surface area contributed by atoms with Crippen LogP contribution in [0.5, 0.6) is 5.75 Å². The van der Waals surface area contributed by atoms with E-state index in [1.165, 1.54) is 0 Å². The van der Waals surface area contributed by atoms with E-state index in [9.17, 15) is 13.2 Å². The Labute approximate surface area is 103 Å². The van der Waals surface area contributed by atoms with Gasteiger partial charge in [0.15, 0.2) is 0 Å². The minimum Gasteiger partial charge on any atom is -0.491 e. The summed E-state index contributed by atoms with van der Waals surface area (Å²) in [5.41, 5.74) is 6.12. The molecule has 17 heavy (non-hydrogen) atoms. The van der Waals surface area contributed by atoms with Gasteiger partial charge < -0.3 is 10.5 Å². The summed E-state index contributed by atoms with van der Waals surface area (Å²) in [4.78, 5) is 0. The SMILES string of the molecule is NCCc1cccc(Cl)c1OCCC(F)(F)F. The van der Waals surface area contributed by atoms with Gasteiger partial charge in [0.2, 0.25) is 0 Å². The molecule has 0 atom stereocenters. The van der Waals surface area contributed by atoms with Crippen molar-refractivity contribution in [2.75, 3.05) is 13.2 Å². The van der Waals surface area contributed by atoms with Crippen LogP contribution in [-0.4, -0.2) is 19.3 Å². The second-order valence-electron chi connectivity index (χ2n) is 3.48.